The molecule has 13 heteroatoms. The van der Waals surface area contributed by atoms with Gasteiger partial charge in [-0.15, -0.1) is 0 Å². The van der Waals surface area contributed by atoms with E-state index in [1.807, 2.05) is 13.0 Å². The summed E-state index contributed by atoms with van der Waals surface area (Å²) in [5.74, 6) is -2.01. The number of aryl methyl sites for hydroxylation is 1. The molecule has 3 atom stereocenters. The van der Waals surface area contributed by atoms with Gasteiger partial charge in [-0.3, -0.25) is 14.4 Å². The number of anilines is 1. The van der Waals surface area contributed by atoms with Gasteiger partial charge in [0.2, 0.25) is 11.8 Å². The minimum Gasteiger partial charge on any atom is -0.458 e. The minimum atomic E-state index is -1.91. The maximum Gasteiger partial charge on any atom is 0.408 e. The second-order valence-electron chi connectivity index (χ2n) is 14.1. The lowest BCUT2D eigenvalue weighted by molar-refractivity contribution is -0.172. The summed E-state index contributed by atoms with van der Waals surface area (Å²) in [6.07, 6.45) is 0.810. The first-order valence-corrected chi connectivity index (χ1v) is 16.7. The fourth-order valence-corrected chi connectivity index (χ4v) is 6.36. The lowest BCUT2D eigenvalue weighted by Crippen LogP contribution is -2.54. The fourth-order valence-electron chi connectivity index (χ4n) is 6.36. The Bertz CT molecular complexity index is 1910. The summed E-state index contributed by atoms with van der Waals surface area (Å²) in [6.45, 7) is 14.1. The third-order valence-corrected chi connectivity index (χ3v) is 8.95. The number of nitrogens with one attached hydrogen (secondary N) is 3. The Hall–Kier alpha value is -4.78. The number of nitrogens with zero attached hydrogens (tertiary/aromatic N) is 2. The third-order valence-electron chi connectivity index (χ3n) is 8.95. The molecule has 262 valence electrons. The maximum atomic E-state index is 13.7. The second kappa shape index (κ2) is 13.3. The van der Waals surface area contributed by atoms with Crippen LogP contribution >= 0.6 is 0 Å². The highest BCUT2D eigenvalue weighted by atomic mass is 16.6. The van der Waals surface area contributed by atoms with Gasteiger partial charge < -0.3 is 35.1 Å². The predicted octanol–water partition coefficient (Wildman–Crippen LogP) is 4.02. The average Bonchev–Trinajstić information content (AvgIpc) is 3.39. The average molecular weight is 676 g/mol. The third kappa shape index (κ3) is 6.76. The van der Waals surface area contributed by atoms with E-state index in [2.05, 4.69) is 16.0 Å². The Morgan fingerprint density at radius 3 is 2.41 bits per heavy atom. The predicted molar refractivity (Wildman–Crippen MR) is 183 cm³/mol. The van der Waals surface area contributed by atoms with Crippen molar-refractivity contribution in [2.45, 2.75) is 111 Å². The van der Waals surface area contributed by atoms with Crippen molar-refractivity contribution >= 4 is 40.5 Å². The number of rotatable bonds is 9. The lowest BCUT2D eigenvalue weighted by atomic mass is 9.86. The van der Waals surface area contributed by atoms with Crippen LogP contribution in [0.25, 0.3) is 22.3 Å². The van der Waals surface area contributed by atoms with Crippen LogP contribution in [-0.2, 0) is 49.0 Å². The molecule has 4 N–H and O–H groups in total. The van der Waals surface area contributed by atoms with Gasteiger partial charge in [-0.05, 0) is 76.3 Å². The standard InChI is InChI=1S/C36H45N5O8/c1-9-11-21-22-14-20(38-30(42)19(5)37-31(43)28(18(3)4)40-34(46)49-35(6,7)8)12-13-26(22)39-29-23(21)16-41-27(29)15-25-24(32(41)44)17-48-33(45)36(25,47)10-2/h12-15,18-19,28,47H,9-11,16-17H2,1-8H3,(H,37,43)(H,38,42)(H,40,46)/t19-,28-,36-/m0/s1. The normalized spacial score (nSPS) is 17.8. The molecule has 49 heavy (non-hydrogen) atoms. The van der Waals surface area contributed by atoms with E-state index in [1.54, 1.807) is 71.2 Å². The number of carbonyl (C=O) groups is 4. The highest BCUT2D eigenvalue weighted by molar-refractivity contribution is 6.00. The molecule has 0 aliphatic carbocycles. The number of aromatic nitrogens is 2. The van der Waals surface area contributed by atoms with E-state index in [1.165, 1.54) is 0 Å². The first-order valence-electron chi connectivity index (χ1n) is 16.7. The molecule has 0 radical (unpaired) electrons. The number of alkyl carbamates (subject to hydrolysis) is 1. The van der Waals surface area contributed by atoms with E-state index < -0.39 is 47.2 Å². The zero-order chi connectivity index (χ0) is 36.0. The number of aliphatic hydroxyl groups is 1. The van der Waals surface area contributed by atoms with Gasteiger partial charge in [-0.1, -0.05) is 34.1 Å². The Kier molecular flexibility index (Phi) is 9.61. The van der Waals surface area contributed by atoms with Crippen LogP contribution in [0, 0.1) is 5.92 Å². The number of cyclic esters (lactones) is 1. The molecule has 0 fully saturated rings. The molecular formula is C36H45N5O8. The van der Waals surface area contributed by atoms with Gasteiger partial charge in [0.25, 0.3) is 5.56 Å². The van der Waals surface area contributed by atoms with Crippen molar-refractivity contribution in [3.63, 3.8) is 0 Å². The highest BCUT2D eigenvalue weighted by Crippen LogP contribution is 2.40. The molecular weight excluding hydrogens is 630 g/mol. The molecule has 4 heterocycles. The molecule has 0 saturated carbocycles. The zero-order valence-electron chi connectivity index (χ0n) is 29.3. The molecule has 13 nitrogen and oxygen atoms in total. The van der Waals surface area contributed by atoms with Crippen molar-refractivity contribution in [1.29, 1.82) is 0 Å². The summed E-state index contributed by atoms with van der Waals surface area (Å²) in [4.78, 5) is 69.8. The van der Waals surface area contributed by atoms with Crippen molar-refractivity contribution in [2.75, 3.05) is 5.32 Å². The Morgan fingerprint density at radius 2 is 1.78 bits per heavy atom. The number of benzene rings is 1. The number of fused-ring (bicyclic) bond motifs is 5. The minimum absolute atomic E-state index is 0.0545. The molecule has 2 aliphatic heterocycles. The van der Waals surface area contributed by atoms with E-state index in [9.17, 15) is 29.1 Å². The molecule has 2 aliphatic rings. The number of ether oxygens (including phenoxy) is 2. The van der Waals surface area contributed by atoms with Crippen LogP contribution in [0.1, 0.15) is 90.5 Å². The number of hydrogen-bond donors (Lipinski definition) is 4. The van der Waals surface area contributed by atoms with Gasteiger partial charge in [0.05, 0.1) is 29.0 Å². The van der Waals surface area contributed by atoms with Gasteiger partial charge in [0.1, 0.15) is 24.3 Å². The van der Waals surface area contributed by atoms with Gasteiger partial charge in [0.15, 0.2) is 5.60 Å². The van der Waals surface area contributed by atoms with Crippen LogP contribution in [0.3, 0.4) is 0 Å². The smallest absolute Gasteiger partial charge is 0.408 e. The number of hydrogen-bond acceptors (Lipinski definition) is 9. The van der Waals surface area contributed by atoms with Gasteiger partial charge in [0, 0.05) is 22.2 Å². The van der Waals surface area contributed by atoms with Crippen molar-refractivity contribution < 1.29 is 33.8 Å². The highest BCUT2D eigenvalue weighted by Gasteiger charge is 2.45. The second-order valence-corrected chi connectivity index (χ2v) is 14.1. The van der Waals surface area contributed by atoms with E-state index in [-0.39, 0.29) is 42.2 Å². The van der Waals surface area contributed by atoms with E-state index in [4.69, 9.17) is 14.5 Å². The van der Waals surface area contributed by atoms with Crippen LogP contribution in [0.5, 0.6) is 0 Å². The van der Waals surface area contributed by atoms with E-state index in [0.29, 0.717) is 29.0 Å². The summed E-state index contributed by atoms with van der Waals surface area (Å²) >= 11 is 0. The zero-order valence-corrected chi connectivity index (χ0v) is 29.3. The number of amides is 3. The first-order chi connectivity index (χ1) is 23.0. The van der Waals surface area contributed by atoms with Gasteiger partial charge in [-0.2, -0.15) is 0 Å². The first kappa shape index (κ1) is 35.5. The van der Waals surface area contributed by atoms with Crippen molar-refractivity contribution in [3.05, 3.63) is 56.9 Å². The summed E-state index contributed by atoms with van der Waals surface area (Å²) < 4.78 is 12.1. The molecule has 3 aromatic rings. The molecule has 5 rings (SSSR count). The largest absolute Gasteiger partial charge is 0.458 e. The van der Waals surface area contributed by atoms with Crippen LogP contribution < -0.4 is 21.5 Å². The maximum absolute atomic E-state index is 13.7. The Balaban J connectivity index is 1.41. The van der Waals surface area contributed by atoms with E-state index in [0.717, 1.165) is 22.9 Å². The quantitative estimate of drug-likeness (QED) is 0.191. The summed E-state index contributed by atoms with van der Waals surface area (Å²) in [6, 6.07) is 5.18. The summed E-state index contributed by atoms with van der Waals surface area (Å²) in [7, 11) is 0. The number of pyridine rings is 2. The monoisotopic (exact) mass is 675 g/mol. The molecule has 1 aromatic carbocycles. The lowest BCUT2D eigenvalue weighted by Gasteiger charge is -2.31. The molecule has 0 bridgehead atoms. The molecule has 3 amide bonds. The summed E-state index contributed by atoms with van der Waals surface area (Å²) in [5, 5.41) is 20.2. The van der Waals surface area contributed by atoms with E-state index >= 15 is 0 Å². The molecule has 0 saturated heterocycles. The van der Waals surface area contributed by atoms with Crippen LogP contribution in [0.2, 0.25) is 0 Å². The van der Waals surface area contributed by atoms with Gasteiger partial charge in [-0.25, -0.2) is 14.6 Å². The van der Waals surface area contributed by atoms with Crippen LogP contribution in [-0.4, -0.2) is 56.2 Å². The molecule has 2 aromatic heterocycles. The van der Waals surface area contributed by atoms with Crippen molar-refractivity contribution in [3.8, 4) is 11.4 Å². The Labute approximate surface area is 284 Å². The van der Waals surface area contributed by atoms with Crippen LogP contribution in [0.15, 0.2) is 29.1 Å². The molecule has 0 spiro atoms. The van der Waals surface area contributed by atoms with Crippen molar-refractivity contribution in [2.24, 2.45) is 5.92 Å². The SMILES string of the molecule is CCCc1c2c(nc3ccc(NC(=O)[C@H](C)NC(=O)[C@@H](NC(=O)OC(C)(C)C)C(C)C)cc13)-c1cc3c(c(=O)n1C2)COC(=O)[C@]3(O)CC. The van der Waals surface area contributed by atoms with Crippen LogP contribution in [0.4, 0.5) is 10.5 Å². The topological polar surface area (TPSA) is 178 Å². The van der Waals surface area contributed by atoms with Gasteiger partial charge >= 0.3 is 12.1 Å². The number of esters is 1. The summed E-state index contributed by atoms with van der Waals surface area (Å²) in [5.41, 5.74) is 1.67. The number of carbonyl (C=O) groups excluding carboxylic acids is 4. The fraction of sp³-hybridized carbons (Fsp3) is 0.500. The molecule has 0 unspecified atom stereocenters. The Morgan fingerprint density at radius 1 is 1.06 bits per heavy atom. The van der Waals surface area contributed by atoms with Crippen molar-refractivity contribution in [1.82, 2.24) is 20.2 Å².